The largest absolute Gasteiger partial charge is 0.421 e. The van der Waals surface area contributed by atoms with Crippen molar-refractivity contribution in [1.29, 1.82) is 0 Å². The molecule has 2 aromatic carbocycles. The molecule has 0 unspecified atom stereocenters. The van der Waals surface area contributed by atoms with Gasteiger partial charge < -0.3 is 14.9 Å². The average Bonchev–Trinajstić information content (AvgIpc) is 3.13. The van der Waals surface area contributed by atoms with Crippen LogP contribution in [0.1, 0.15) is 5.56 Å². The van der Waals surface area contributed by atoms with Crippen molar-refractivity contribution in [3.63, 3.8) is 0 Å². The van der Waals surface area contributed by atoms with Gasteiger partial charge in [0, 0.05) is 11.9 Å². The first-order valence-corrected chi connectivity index (χ1v) is 9.13. The van der Waals surface area contributed by atoms with E-state index in [-0.39, 0.29) is 17.1 Å². The zero-order chi connectivity index (χ0) is 23.0. The maximum absolute atomic E-state index is 14.0. The predicted octanol–water partition coefficient (Wildman–Crippen LogP) is 4.33. The molecule has 0 fully saturated rings. The van der Waals surface area contributed by atoms with Gasteiger partial charge in [-0.1, -0.05) is 0 Å². The summed E-state index contributed by atoms with van der Waals surface area (Å²) in [6.45, 7) is -0.635. The van der Waals surface area contributed by atoms with Crippen molar-refractivity contribution in [2.24, 2.45) is 0 Å². The van der Waals surface area contributed by atoms with Gasteiger partial charge in [0.05, 0.1) is 16.6 Å². The van der Waals surface area contributed by atoms with E-state index in [1.54, 1.807) is 0 Å². The number of halogens is 5. The Morgan fingerprint density at radius 1 is 1.09 bits per heavy atom. The molecule has 2 aromatic heterocycles. The Kier molecular flexibility index (Phi) is 5.25. The van der Waals surface area contributed by atoms with Gasteiger partial charge in [-0.25, -0.2) is 13.8 Å². The Balaban J connectivity index is 1.56. The lowest BCUT2D eigenvalue weighted by molar-refractivity contribution is -0.139. The summed E-state index contributed by atoms with van der Waals surface area (Å²) in [5.41, 5.74) is -1.70. The van der Waals surface area contributed by atoms with Crippen LogP contribution in [-0.4, -0.2) is 20.4 Å². The molecular formula is C21H13F5N4O2. The molecule has 0 bridgehead atoms. The van der Waals surface area contributed by atoms with Gasteiger partial charge in [0.25, 0.3) is 5.56 Å². The van der Waals surface area contributed by atoms with Crippen molar-refractivity contribution < 1.29 is 26.7 Å². The molecule has 0 saturated heterocycles. The Bertz CT molecular complexity index is 1390. The average molecular weight is 448 g/mol. The molecular weight excluding hydrogens is 435 g/mol. The molecule has 6 nitrogen and oxygen atoms in total. The van der Waals surface area contributed by atoms with Crippen LogP contribution in [0.5, 0.6) is 0 Å². The summed E-state index contributed by atoms with van der Waals surface area (Å²) in [6.07, 6.45) is -3.75. The number of imidazole rings is 1. The summed E-state index contributed by atoms with van der Waals surface area (Å²) in [4.78, 5) is 31.2. The molecule has 1 amide bonds. The maximum Gasteiger partial charge on any atom is 0.421 e. The summed E-state index contributed by atoms with van der Waals surface area (Å²) < 4.78 is 66.7. The van der Waals surface area contributed by atoms with Crippen molar-refractivity contribution in [2.45, 2.75) is 12.7 Å². The summed E-state index contributed by atoms with van der Waals surface area (Å²) in [6, 6.07) is 9.06. The first-order chi connectivity index (χ1) is 15.1. The number of hydrogen-bond acceptors (Lipinski definition) is 3. The SMILES string of the molecule is O=C(Cn1cccc(C(F)(F)F)c1=O)Nc1ccc2nc(-c3cc(F)ccc3F)[nH]c2c1. The summed E-state index contributed by atoms with van der Waals surface area (Å²) in [5.74, 6) is -1.97. The first-order valence-electron chi connectivity index (χ1n) is 9.13. The van der Waals surface area contributed by atoms with E-state index in [1.807, 2.05) is 0 Å². The maximum atomic E-state index is 14.0. The van der Waals surface area contributed by atoms with Crippen molar-refractivity contribution >= 4 is 22.6 Å². The number of carbonyl (C=O) groups is 1. The zero-order valence-electron chi connectivity index (χ0n) is 16.0. The Labute approximate surface area is 176 Å². The number of anilines is 1. The van der Waals surface area contributed by atoms with E-state index in [9.17, 15) is 31.5 Å². The normalized spacial score (nSPS) is 11.7. The number of fused-ring (bicyclic) bond motifs is 1. The lowest BCUT2D eigenvalue weighted by Crippen LogP contribution is -2.31. The number of amides is 1. The van der Waals surface area contributed by atoms with E-state index in [4.69, 9.17) is 0 Å². The van der Waals surface area contributed by atoms with Crippen LogP contribution in [-0.2, 0) is 17.5 Å². The highest BCUT2D eigenvalue weighted by Crippen LogP contribution is 2.27. The number of carbonyl (C=O) groups excluding carboxylic acids is 1. The Morgan fingerprint density at radius 3 is 2.62 bits per heavy atom. The molecule has 0 radical (unpaired) electrons. The lowest BCUT2D eigenvalue weighted by Gasteiger charge is -2.10. The standard InChI is InChI=1S/C21H13F5N4O2/c22-11-3-5-15(23)13(8-11)19-28-16-6-4-12(9-17(16)29-19)27-18(31)10-30-7-1-2-14(20(30)32)21(24,25)26/h1-9H,10H2,(H,27,31)(H,28,29). The van der Waals surface area contributed by atoms with E-state index in [2.05, 4.69) is 15.3 Å². The molecule has 0 atom stereocenters. The molecule has 0 aliphatic heterocycles. The van der Waals surface area contributed by atoms with Crippen molar-refractivity contribution in [2.75, 3.05) is 5.32 Å². The number of rotatable bonds is 4. The number of alkyl halides is 3. The molecule has 0 aliphatic carbocycles. The highest BCUT2D eigenvalue weighted by molar-refractivity contribution is 5.93. The second-order valence-electron chi connectivity index (χ2n) is 6.84. The molecule has 32 heavy (non-hydrogen) atoms. The molecule has 4 aromatic rings. The third-order valence-corrected chi connectivity index (χ3v) is 4.59. The van der Waals surface area contributed by atoms with Crippen LogP contribution in [0.25, 0.3) is 22.4 Å². The third-order valence-electron chi connectivity index (χ3n) is 4.59. The Morgan fingerprint density at radius 2 is 1.88 bits per heavy atom. The number of benzene rings is 2. The minimum absolute atomic E-state index is 0.0734. The monoisotopic (exact) mass is 448 g/mol. The van der Waals surface area contributed by atoms with Crippen molar-refractivity contribution in [3.8, 4) is 11.4 Å². The minimum atomic E-state index is -4.83. The van der Waals surface area contributed by atoms with Crippen molar-refractivity contribution in [3.05, 3.63) is 82.3 Å². The second kappa shape index (κ2) is 7.91. The summed E-state index contributed by atoms with van der Waals surface area (Å²) >= 11 is 0. The van der Waals surface area contributed by atoms with E-state index in [0.29, 0.717) is 21.7 Å². The number of nitrogens with one attached hydrogen (secondary N) is 2. The number of H-pyrrole nitrogens is 1. The molecule has 4 rings (SSSR count). The highest BCUT2D eigenvalue weighted by Gasteiger charge is 2.34. The number of nitrogens with zero attached hydrogens (tertiary/aromatic N) is 2. The fraction of sp³-hybridized carbons (Fsp3) is 0.0952. The van der Waals surface area contributed by atoms with E-state index < -0.39 is 41.4 Å². The van der Waals surface area contributed by atoms with Crippen LogP contribution in [0.3, 0.4) is 0 Å². The van der Waals surface area contributed by atoms with Gasteiger partial charge in [-0.2, -0.15) is 13.2 Å². The molecule has 2 N–H and O–H groups in total. The first kappa shape index (κ1) is 21.2. The van der Waals surface area contributed by atoms with Crippen molar-refractivity contribution in [1.82, 2.24) is 14.5 Å². The molecule has 0 aliphatic rings. The third kappa shape index (κ3) is 4.22. The minimum Gasteiger partial charge on any atom is -0.338 e. The van der Waals surface area contributed by atoms with Crippen LogP contribution < -0.4 is 10.9 Å². The van der Waals surface area contributed by atoms with E-state index in [0.717, 1.165) is 30.5 Å². The van der Waals surface area contributed by atoms with Gasteiger partial charge >= 0.3 is 6.18 Å². The summed E-state index contributed by atoms with van der Waals surface area (Å²) in [7, 11) is 0. The van der Waals surface area contributed by atoms with Gasteiger partial charge in [0.1, 0.15) is 29.6 Å². The van der Waals surface area contributed by atoms with E-state index in [1.165, 1.54) is 18.2 Å². The Hall–Kier alpha value is -4.02. The van der Waals surface area contributed by atoms with E-state index >= 15 is 0 Å². The smallest absolute Gasteiger partial charge is 0.338 e. The molecule has 164 valence electrons. The second-order valence-corrected chi connectivity index (χ2v) is 6.84. The van der Waals surface area contributed by atoms with Crippen LogP contribution in [0, 0.1) is 11.6 Å². The van der Waals surface area contributed by atoms with Gasteiger partial charge in [0.15, 0.2) is 0 Å². The quantitative estimate of drug-likeness (QED) is 0.456. The predicted molar refractivity (Wildman–Crippen MR) is 106 cm³/mol. The van der Waals surface area contributed by atoms with Crippen LogP contribution in [0.4, 0.5) is 27.6 Å². The highest BCUT2D eigenvalue weighted by atomic mass is 19.4. The van der Waals surface area contributed by atoms with Crippen LogP contribution in [0.2, 0.25) is 0 Å². The number of aromatic amines is 1. The van der Waals surface area contributed by atoms with Crippen LogP contribution >= 0.6 is 0 Å². The molecule has 2 heterocycles. The summed E-state index contributed by atoms with van der Waals surface area (Å²) in [5, 5.41) is 2.48. The fourth-order valence-electron chi connectivity index (χ4n) is 3.13. The van der Waals surface area contributed by atoms with Gasteiger partial charge in [-0.05, 0) is 48.5 Å². The fourth-order valence-corrected chi connectivity index (χ4v) is 3.13. The molecule has 0 spiro atoms. The number of pyridine rings is 1. The number of aromatic nitrogens is 3. The van der Waals surface area contributed by atoms with Gasteiger partial charge in [0.2, 0.25) is 5.91 Å². The van der Waals surface area contributed by atoms with Gasteiger partial charge in [-0.15, -0.1) is 0 Å². The number of hydrogen-bond donors (Lipinski definition) is 2. The topological polar surface area (TPSA) is 79.8 Å². The lowest BCUT2D eigenvalue weighted by atomic mass is 10.2. The molecule has 0 saturated carbocycles. The van der Waals surface area contributed by atoms with Gasteiger partial charge in [-0.3, -0.25) is 9.59 Å². The zero-order valence-corrected chi connectivity index (χ0v) is 16.0. The molecule has 11 heteroatoms. The van der Waals surface area contributed by atoms with Crippen LogP contribution in [0.15, 0.2) is 59.5 Å².